The van der Waals surface area contributed by atoms with E-state index in [0.717, 1.165) is 52.0 Å². The van der Waals surface area contributed by atoms with Crippen LogP contribution in [0.5, 0.6) is 5.75 Å². The van der Waals surface area contributed by atoms with E-state index in [2.05, 4.69) is 28.2 Å². The second-order valence-electron chi connectivity index (χ2n) is 9.06. The normalized spacial score (nSPS) is 13.5. The Kier molecular flexibility index (Phi) is 7.07. The molecule has 35 heavy (non-hydrogen) atoms. The lowest BCUT2D eigenvalue weighted by atomic mass is 9.97. The number of aromatic nitrogens is 2. The number of likely N-dealkylation sites (N-methyl/N-ethyl adjacent to an activating group) is 2. The van der Waals surface area contributed by atoms with Gasteiger partial charge >= 0.3 is 0 Å². The fourth-order valence-electron chi connectivity index (χ4n) is 4.18. The number of aromatic hydroxyl groups is 1. The van der Waals surface area contributed by atoms with Gasteiger partial charge < -0.3 is 24.6 Å². The minimum absolute atomic E-state index is 0.0112. The second kappa shape index (κ2) is 10.2. The highest BCUT2D eigenvalue weighted by molar-refractivity contribution is 6.00. The Hall–Kier alpha value is -3.84. The number of fused-ring (bicyclic) bond motifs is 1. The van der Waals surface area contributed by atoms with Gasteiger partial charge in [0, 0.05) is 54.6 Å². The number of pyridine rings is 1. The zero-order valence-electron chi connectivity index (χ0n) is 20.9. The molecule has 0 atom stereocenters. The summed E-state index contributed by atoms with van der Waals surface area (Å²) in [5, 5.41) is 11.6. The highest BCUT2D eigenvalue weighted by Crippen LogP contribution is 2.35. The van der Waals surface area contributed by atoms with E-state index >= 15 is 0 Å². The molecule has 0 saturated heterocycles. The number of methoxy groups -OCH3 is 1. The number of carbonyl (C=O) groups is 1. The van der Waals surface area contributed by atoms with Gasteiger partial charge in [0.2, 0.25) is 0 Å². The van der Waals surface area contributed by atoms with Crippen LogP contribution in [0, 0.1) is 6.92 Å². The highest BCUT2D eigenvalue weighted by atomic mass is 16.5. The number of phenolic OH excluding ortho intramolecular Hbond substituents is 1. The molecule has 0 aliphatic heterocycles. The monoisotopic (exact) mass is 472 g/mol. The van der Waals surface area contributed by atoms with Crippen molar-refractivity contribution in [1.82, 2.24) is 19.8 Å². The summed E-state index contributed by atoms with van der Waals surface area (Å²) in [5.74, 6) is 0.614. The number of benzene rings is 1. The van der Waals surface area contributed by atoms with Crippen molar-refractivity contribution in [2.75, 3.05) is 41.3 Å². The average Bonchev–Trinajstić information content (AvgIpc) is 3.12. The van der Waals surface area contributed by atoms with Crippen molar-refractivity contribution in [3.05, 3.63) is 77.3 Å². The van der Waals surface area contributed by atoms with E-state index in [1.54, 1.807) is 38.2 Å². The quantitative estimate of drug-likeness (QED) is 0.519. The standard InChI is InChI=1S/C28H32N4O3/c1-18-13-19(14-23(26(18)33)28(34)32(4)12-11-31(2)3)20-15-22-24(17-30-27(22)29-16-20)21-9-7-6-8-10-25(21)35-5/h6-7,9-10,13-17,33H,8,11-12H2,1-5H3,(H,29,30). The molecule has 2 heterocycles. The Labute approximate surface area is 206 Å². The highest BCUT2D eigenvalue weighted by Gasteiger charge is 2.20. The predicted octanol–water partition coefficient (Wildman–Crippen LogP) is 4.75. The van der Waals surface area contributed by atoms with Crippen molar-refractivity contribution >= 4 is 22.5 Å². The Morgan fingerprint density at radius 3 is 2.71 bits per heavy atom. The molecule has 3 aromatic rings. The number of rotatable bonds is 7. The number of aromatic amines is 1. The Balaban J connectivity index is 1.76. The van der Waals surface area contributed by atoms with Crippen LogP contribution in [0.2, 0.25) is 0 Å². The lowest BCUT2D eigenvalue weighted by molar-refractivity contribution is 0.0783. The molecule has 0 fully saturated rings. The molecule has 0 bridgehead atoms. The van der Waals surface area contributed by atoms with E-state index in [-0.39, 0.29) is 17.2 Å². The van der Waals surface area contributed by atoms with Crippen molar-refractivity contribution in [1.29, 1.82) is 0 Å². The largest absolute Gasteiger partial charge is 0.507 e. The van der Waals surface area contributed by atoms with E-state index in [9.17, 15) is 9.90 Å². The van der Waals surface area contributed by atoms with Crippen LogP contribution in [0.15, 0.2) is 60.7 Å². The summed E-state index contributed by atoms with van der Waals surface area (Å²) in [7, 11) is 7.36. The van der Waals surface area contributed by atoms with Crippen LogP contribution in [-0.4, -0.2) is 72.1 Å². The summed E-state index contributed by atoms with van der Waals surface area (Å²) in [6, 6.07) is 5.70. The number of hydrogen-bond acceptors (Lipinski definition) is 5. The summed E-state index contributed by atoms with van der Waals surface area (Å²) in [6.07, 6.45) is 12.7. The van der Waals surface area contributed by atoms with E-state index in [4.69, 9.17) is 4.74 Å². The number of carbonyl (C=O) groups excluding carboxylic acids is 1. The first kappa shape index (κ1) is 24.3. The SMILES string of the molecule is COC1=CCC=CC=C1c1c[nH]c2ncc(-c3cc(C)c(O)c(C(=O)N(C)CCN(C)C)c3)cc12. The summed E-state index contributed by atoms with van der Waals surface area (Å²) in [5.41, 5.74) is 5.35. The van der Waals surface area contributed by atoms with Crippen molar-refractivity contribution in [2.45, 2.75) is 13.3 Å². The lowest BCUT2D eigenvalue weighted by Crippen LogP contribution is -2.33. The van der Waals surface area contributed by atoms with Gasteiger partial charge in [-0.2, -0.15) is 0 Å². The van der Waals surface area contributed by atoms with Crippen molar-refractivity contribution in [3.63, 3.8) is 0 Å². The molecule has 2 N–H and O–H groups in total. The maximum Gasteiger partial charge on any atom is 0.257 e. The number of amides is 1. The molecule has 1 aromatic carbocycles. The topological polar surface area (TPSA) is 81.7 Å². The molecular formula is C28H32N4O3. The molecule has 1 aliphatic carbocycles. The van der Waals surface area contributed by atoms with Gasteiger partial charge in [-0.15, -0.1) is 0 Å². The molecule has 7 nitrogen and oxygen atoms in total. The van der Waals surface area contributed by atoms with Crippen molar-refractivity contribution < 1.29 is 14.6 Å². The maximum absolute atomic E-state index is 13.1. The van der Waals surface area contributed by atoms with Crippen LogP contribution >= 0.6 is 0 Å². The maximum atomic E-state index is 13.1. The summed E-state index contributed by atoms with van der Waals surface area (Å²) in [6.45, 7) is 3.11. The predicted molar refractivity (Wildman–Crippen MR) is 140 cm³/mol. The summed E-state index contributed by atoms with van der Waals surface area (Å²) in [4.78, 5) is 24.7. The third kappa shape index (κ3) is 5.00. The number of phenols is 1. The average molecular weight is 473 g/mol. The zero-order chi connectivity index (χ0) is 25.1. The molecule has 1 amide bonds. The second-order valence-corrected chi connectivity index (χ2v) is 9.06. The summed E-state index contributed by atoms with van der Waals surface area (Å²) < 4.78 is 5.64. The van der Waals surface area contributed by atoms with Gasteiger partial charge in [-0.25, -0.2) is 4.98 Å². The molecule has 0 saturated carbocycles. The molecule has 0 unspecified atom stereocenters. The number of aryl methyl sites for hydroxylation is 1. The minimum atomic E-state index is -0.212. The molecule has 1 aliphatic rings. The van der Waals surface area contributed by atoms with Gasteiger partial charge in [0.05, 0.1) is 12.7 Å². The fraction of sp³-hybridized carbons (Fsp3) is 0.286. The lowest BCUT2D eigenvalue weighted by Gasteiger charge is -2.21. The van der Waals surface area contributed by atoms with E-state index in [0.29, 0.717) is 12.1 Å². The molecule has 4 rings (SSSR count). The smallest absolute Gasteiger partial charge is 0.257 e. The summed E-state index contributed by atoms with van der Waals surface area (Å²) >= 11 is 0. The number of H-pyrrole nitrogens is 1. The first-order valence-corrected chi connectivity index (χ1v) is 11.6. The van der Waals surface area contributed by atoms with Crippen LogP contribution in [0.4, 0.5) is 0 Å². The van der Waals surface area contributed by atoms with Crippen molar-refractivity contribution in [2.24, 2.45) is 0 Å². The van der Waals surface area contributed by atoms with Crippen LogP contribution in [0.1, 0.15) is 27.9 Å². The van der Waals surface area contributed by atoms with Gasteiger partial charge in [-0.1, -0.05) is 18.2 Å². The first-order chi connectivity index (χ1) is 16.8. The van der Waals surface area contributed by atoms with E-state index in [1.165, 1.54) is 0 Å². The van der Waals surface area contributed by atoms with Gasteiger partial charge in [0.1, 0.15) is 17.2 Å². The van der Waals surface area contributed by atoms with Crippen LogP contribution < -0.4 is 0 Å². The number of nitrogens with one attached hydrogen (secondary N) is 1. The third-order valence-corrected chi connectivity index (χ3v) is 6.24. The Morgan fingerprint density at radius 1 is 1.17 bits per heavy atom. The zero-order valence-corrected chi connectivity index (χ0v) is 20.9. The van der Waals surface area contributed by atoms with E-state index < -0.39 is 0 Å². The first-order valence-electron chi connectivity index (χ1n) is 11.6. The van der Waals surface area contributed by atoms with Crippen LogP contribution in [0.3, 0.4) is 0 Å². The number of allylic oxidation sites excluding steroid dienone is 5. The number of ether oxygens (including phenoxy) is 1. The molecule has 0 spiro atoms. The van der Waals surface area contributed by atoms with Gasteiger partial charge in [-0.05, 0) is 62.8 Å². The van der Waals surface area contributed by atoms with Crippen molar-refractivity contribution in [3.8, 4) is 16.9 Å². The number of hydrogen-bond donors (Lipinski definition) is 2. The molecule has 182 valence electrons. The van der Waals surface area contributed by atoms with Gasteiger partial charge in [0.25, 0.3) is 5.91 Å². The van der Waals surface area contributed by atoms with E-state index in [1.807, 2.05) is 43.4 Å². The third-order valence-electron chi connectivity index (χ3n) is 6.24. The molecular weight excluding hydrogens is 440 g/mol. The Bertz CT molecular complexity index is 1350. The van der Waals surface area contributed by atoms with Crippen LogP contribution in [-0.2, 0) is 4.74 Å². The van der Waals surface area contributed by atoms with Crippen LogP contribution in [0.25, 0.3) is 27.7 Å². The molecule has 2 aromatic heterocycles. The molecule has 7 heteroatoms. The molecule has 0 radical (unpaired) electrons. The number of nitrogens with zero attached hydrogens (tertiary/aromatic N) is 3. The minimum Gasteiger partial charge on any atom is -0.507 e. The van der Waals surface area contributed by atoms with Gasteiger partial charge in [0.15, 0.2) is 0 Å². The Morgan fingerprint density at radius 2 is 1.97 bits per heavy atom. The van der Waals surface area contributed by atoms with Gasteiger partial charge in [-0.3, -0.25) is 4.79 Å². The fourth-order valence-corrected chi connectivity index (χ4v) is 4.18.